The highest BCUT2D eigenvalue weighted by atomic mass is 35.5. The van der Waals surface area contributed by atoms with Crippen LogP contribution in [0.2, 0.25) is 5.02 Å². The Kier molecular flexibility index (Phi) is 9.23. The molecule has 1 saturated carbocycles. The number of amides is 2. The first kappa shape index (κ1) is 29.7. The van der Waals surface area contributed by atoms with E-state index in [1.165, 1.54) is 17.0 Å². The molecule has 0 bridgehead atoms. The number of hydrogen-bond acceptors (Lipinski definition) is 6. The second-order valence-corrected chi connectivity index (χ2v) is 12.7. The average molecular weight is 612 g/mol. The Balaban J connectivity index is 1.50. The SMILES string of the molecule is C[C@H](C(=O)NC1CCCC1)N(Cc1ccccc1Cl)C(=O)CN(c1ccc2c(c1)OCCO2)S(=O)(=O)c1ccccc1. The molecule has 0 spiro atoms. The summed E-state index contributed by atoms with van der Waals surface area (Å²) < 4.78 is 40.3. The molecule has 222 valence electrons. The largest absolute Gasteiger partial charge is 0.486 e. The summed E-state index contributed by atoms with van der Waals surface area (Å²) in [6.07, 6.45) is 3.88. The summed E-state index contributed by atoms with van der Waals surface area (Å²) in [6.45, 7) is 1.83. The van der Waals surface area contributed by atoms with Crippen LogP contribution in [0.3, 0.4) is 0 Å². The van der Waals surface area contributed by atoms with Gasteiger partial charge in [-0.25, -0.2) is 8.42 Å². The quantitative estimate of drug-likeness (QED) is 0.354. The number of fused-ring (bicyclic) bond motifs is 1. The standard InChI is InChI=1S/C31H34ClN3O6S/c1-22(31(37)33-24-10-6-7-11-24)34(20-23-9-5-8-14-27(23)32)30(36)21-35(42(38,39)26-12-3-2-4-13-26)25-15-16-28-29(19-25)41-18-17-40-28/h2-5,8-9,12-16,19,22,24H,6-7,10-11,17-18,20-21H2,1H3,(H,33,37)/t22-/m1/s1. The second kappa shape index (κ2) is 13.0. The van der Waals surface area contributed by atoms with Gasteiger partial charge in [0.25, 0.3) is 10.0 Å². The maximum absolute atomic E-state index is 14.1. The van der Waals surface area contributed by atoms with Crippen molar-refractivity contribution in [2.75, 3.05) is 24.1 Å². The van der Waals surface area contributed by atoms with E-state index in [1.54, 1.807) is 67.6 Å². The zero-order chi connectivity index (χ0) is 29.7. The predicted molar refractivity (Wildman–Crippen MR) is 160 cm³/mol. The Hall–Kier alpha value is -3.76. The van der Waals surface area contributed by atoms with E-state index < -0.39 is 28.5 Å². The summed E-state index contributed by atoms with van der Waals surface area (Å²) in [5, 5.41) is 3.51. The molecule has 1 atom stereocenters. The Bertz CT molecular complexity index is 1530. The van der Waals surface area contributed by atoms with Crippen LogP contribution in [0.25, 0.3) is 0 Å². The molecule has 42 heavy (non-hydrogen) atoms. The van der Waals surface area contributed by atoms with Crippen LogP contribution < -0.4 is 19.1 Å². The molecular formula is C31H34ClN3O6S. The summed E-state index contributed by atoms with van der Waals surface area (Å²) in [5.41, 5.74) is 0.877. The molecule has 1 fully saturated rings. The third-order valence-electron chi connectivity index (χ3n) is 7.59. The van der Waals surface area contributed by atoms with Crippen LogP contribution in [-0.4, -0.2) is 57.0 Å². The maximum atomic E-state index is 14.1. The molecule has 0 aromatic heterocycles. The van der Waals surface area contributed by atoms with Crippen molar-refractivity contribution in [2.45, 2.75) is 56.1 Å². The van der Waals surface area contributed by atoms with Gasteiger partial charge in [-0.3, -0.25) is 13.9 Å². The average Bonchev–Trinajstić information content (AvgIpc) is 3.52. The van der Waals surface area contributed by atoms with Crippen molar-refractivity contribution in [3.8, 4) is 11.5 Å². The Morgan fingerprint density at radius 2 is 1.62 bits per heavy atom. The van der Waals surface area contributed by atoms with Gasteiger partial charge in [0.1, 0.15) is 25.8 Å². The zero-order valence-electron chi connectivity index (χ0n) is 23.4. The number of halogens is 1. The van der Waals surface area contributed by atoms with Crippen LogP contribution in [0.15, 0.2) is 77.7 Å². The highest BCUT2D eigenvalue weighted by Gasteiger charge is 2.34. The van der Waals surface area contributed by atoms with E-state index in [0.29, 0.717) is 35.3 Å². The van der Waals surface area contributed by atoms with Crippen LogP contribution in [0, 0.1) is 0 Å². The minimum absolute atomic E-state index is 0.0253. The number of nitrogens with zero attached hydrogens (tertiary/aromatic N) is 2. The van der Waals surface area contributed by atoms with Gasteiger partial charge in [0.2, 0.25) is 11.8 Å². The number of ether oxygens (including phenoxy) is 2. The zero-order valence-corrected chi connectivity index (χ0v) is 24.9. The number of anilines is 1. The molecular weight excluding hydrogens is 578 g/mol. The van der Waals surface area contributed by atoms with Crippen LogP contribution in [0.1, 0.15) is 38.2 Å². The fourth-order valence-corrected chi connectivity index (χ4v) is 6.84. The van der Waals surface area contributed by atoms with Crippen LogP contribution >= 0.6 is 11.6 Å². The van der Waals surface area contributed by atoms with Gasteiger partial charge in [-0.15, -0.1) is 0 Å². The van der Waals surface area contributed by atoms with Crippen LogP contribution in [0.4, 0.5) is 5.69 Å². The Labute approximate surface area is 251 Å². The molecule has 0 radical (unpaired) electrons. The van der Waals surface area contributed by atoms with E-state index in [-0.39, 0.29) is 29.1 Å². The van der Waals surface area contributed by atoms with Crippen molar-refractivity contribution in [3.63, 3.8) is 0 Å². The fraction of sp³-hybridized carbons (Fsp3) is 0.355. The van der Waals surface area contributed by atoms with Gasteiger partial charge in [-0.1, -0.05) is 60.8 Å². The first-order valence-electron chi connectivity index (χ1n) is 14.0. The summed E-state index contributed by atoms with van der Waals surface area (Å²) in [7, 11) is -4.19. The number of carbonyl (C=O) groups is 2. The van der Waals surface area contributed by atoms with Gasteiger partial charge < -0.3 is 19.7 Å². The third-order valence-corrected chi connectivity index (χ3v) is 9.75. The summed E-state index contributed by atoms with van der Waals surface area (Å²) in [4.78, 5) is 28.9. The number of hydrogen-bond donors (Lipinski definition) is 1. The lowest BCUT2D eigenvalue weighted by Crippen LogP contribution is -2.52. The van der Waals surface area contributed by atoms with Gasteiger partial charge in [0.15, 0.2) is 11.5 Å². The first-order chi connectivity index (χ1) is 20.2. The molecule has 3 aromatic carbocycles. The van der Waals surface area contributed by atoms with Crippen LogP contribution in [-0.2, 0) is 26.2 Å². The lowest BCUT2D eigenvalue weighted by molar-refractivity contribution is -0.139. The molecule has 1 aliphatic carbocycles. The molecule has 9 nitrogen and oxygen atoms in total. The van der Waals surface area contributed by atoms with Crippen molar-refractivity contribution in [2.24, 2.45) is 0 Å². The summed E-state index contributed by atoms with van der Waals surface area (Å²) in [6, 6.07) is 18.9. The van der Waals surface area contributed by atoms with Gasteiger partial charge in [0, 0.05) is 23.7 Å². The Morgan fingerprint density at radius 3 is 2.33 bits per heavy atom. The lowest BCUT2D eigenvalue weighted by Gasteiger charge is -2.33. The number of rotatable bonds is 10. The van der Waals surface area contributed by atoms with Crippen molar-refractivity contribution in [3.05, 3.63) is 83.4 Å². The second-order valence-electron chi connectivity index (χ2n) is 10.4. The predicted octanol–water partition coefficient (Wildman–Crippen LogP) is 4.78. The number of carbonyl (C=O) groups excluding carboxylic acids is 2. The monoisotopic (exact) mass is 611 g/mol. The van der Waals surface area contributed by atoms with E-state index in [0.717, 1.165) is 30.0 Å². The normalized spacial score (nSPS) is 15.6. The minimum atomic E-state index is -4.19. The Morgan fingerprint density at radius 1 is 0.952 bits per heavy atom. The molecule has 3 aromatic rings. The molecule has 1 N–H and O–H groups in total. The summed E-state index contributed by atoms with van der Waals surface area (Å²) in [5.74, 6) is 0.0279. The van der Waals surface area contributed by atoms with Crippen molar-refractivity contribution in [1.29, 1.82) is 0 Å². The first-order valence-corrected chi connectivity index (χ1v) is 15.9. The molecule has 1 aliphatic heterocycles. The number of sulfonamides is 1. The van der Waals surface area contributed by atoms with Crippen molar-refractivity contribution < 1.29 is 27.5 Å². The molecule has 2 aliphatic rings. The lowest BCUT2D eigenvalue weighted by atomic mass is 10.1. The number of nitrogens with one attached hydrogen (secondary N) is 1. The van der Waals surface area contributed by atoms with Crippen molar-refractivity contribution >= 4 is 39.1 Å². The van der Waals surface area contributed by atoms with E-state index in [2.05, 4.69) is 5.32 Å². The molecule has 5 rings (SSSR count). The van der Waals surface area contributed by atoms with Crippen molar-refractivity contribution in [1.82, 2.24) is 10.2 Å². The fourth-order valence-electron chi connectivity index (χ4n) is 5.22. The van der Waals surface area contributed by atoms with E-state index >= 15 is 0 Å². The molecule has 1 heterocycles. The van der Waals surface area contributed by atoms with Gasteiger partial charge in [-0.05, 0) is 55.7 Å². The molecule has 0 unspecified atom stereocenters. The van der Waals surface area contributed by atoms with E-state index in [1.807, 2.05) is 0 Å². The summed E-state index contributed by atoms with van der Waals surface area (Å²) >= 11 is 6.45. The smallest absolute Gasteiger partial charge is 0.264 e. The van der Waals surface area contributed by atoms with Crippen LogP contribution in [0.5, 0.6) is 11.5 Å². The van der Waals surface area contributed by atoms with Gasteiger partial charge >= 0.3 is 0 Å². The highest BCUT2D eigenvalue weighted by Crippen LogP contribution is 2.36. The van der Waals surface area contributed by atoms with Gasteiger partial charge in [-0.2, -0.15) is 0 Å². The minimum Gasteiger partial charge on any atom is -0.486 e. The molecule has 0 saturated heterocycles. The van der Waals surface area contributed by atoms with E-state index in [9.17, 15) is 18.0 Å². The third kappa shape index (κ3) is 6.65. The topological polar surface area (TPSA) is 105 Å². The van der Waals surface area contributed by atoms with Gasteiger partial charge in [0.05, 0.1) is 10.6 Å². The maximum Gasteiger partial charge on any atom is 0.264 e. The highest BCUT2D eigenvalue weighted by molar-refractivity contribution is 7.92. The van der Waals surface area contributed by atoms with E-state index in [4.69, 9.17) is 21.1 Å². The molecule has 11 heteroatoms. The molecule has 2 amide bonds. The number of benzene rings is 3.